The van der Waals surface area contributed by atoms with Crippen molar-refractivity contribution in [3.05, 3.63) is 0 Å². The molecule has 1 unspecified atom stereocenters. The van der Waals surface area contributed by atoms with Gasteiger partial charge in [0, 0.05) is 18.9 Å². The van der Waals surface area contributed by atoms with Crippen molar-refractivity contribution in [1.82, 2.24) is 5.32 Å². The molecule has 70 valence electrons. The molecule has 4 heteroatoms. The molecule has 0 heterocycles. The molecule has 0 rings (SSSR count). The first-order chi connectivity index (χ1) is 5.57. The molecular weight excluding hydrogens is 172 g/mol. The third-order valence-corrected chi connectivity index (χ3v) is 1.97. The average molecular weight is 188 g/mol. The summed E-state index contributed by atoms with van der Waals surface area (Å²) in [5.41, 5.74) is 5.38. The van der Waals surface area contributed by atoms with Crippen molar-refractivity contribution in [3.8, 4) is 0 Å². The molecule has 0 aliphatic rings. The zero-order chi connectivity index (χ0) is 9.56. The van der Waals surface area contributed by atoms with Crippen LogP contribution in [0.25, 0.3) is 0 Å². The molecule has 0 aromatic rings. The lowest BCUT2D eigenvalue weighted by atomic mass is 10.2. The standard InChI is InChI=1S/C8H16N2OS/c1-3-4-7(11)10-5-6(2)8(9)12/h6H,3-5H2,1-2H3,(H2,9,12)(H,10,11). The van der Waals surface area contributed by atoms with Gasteiger partial charge in [0.2, 0.25) is 5.91 Å². The van der Waals surface area contributed by atoms with Crippen LogP contribution in [0.15, 0.2) is 0 Å². The van der Waals surface area contributed by atoms with Crippen LogP contribution in [0.3, 0.4) is 0 Å². The monoisotopic (exact) mass is 188 g/mol. The van der Waals surface area contributed by atoms with E-state index in [1.54, 1.807) is 0 Å². The fourth-order valence-electron chi connectivity index (χ4n) is 0.683. The van der Waals surface area contributed by atoms with Gasteiger partial charge in [-0.3, -0.25) is 4.79 Å². The quantitative estimate of drug-likeness (QED) is 0.628. The molecule has 3 nitrogen and oxygen atoms in total. The van der Waals surface area contributed by atoms with Crippen LogP contribution >= 0.6 is 12.2 Å². The first kappa shape index (κ1) is 11.4. The molecule has 12 heavy (non-hydrogen) atoms. The number of thiocarbonyl (C=S) groups is 1. The fraction of sp³-hybridized carbons (Fsp3) is 0.750. The molecule has 0 aliphatic heterocycles. The minimum Gasteiger partial charge on any atom is -0.393 e. The summed E-state index contributed by atoms with van der Waals surface area (Å²) in [4.78, 5) is 11.4. The van der Waals surface area contributed by atoms with E-state index >= 15 is 0 Å². The molecule has 0 saturated heterocycles. The van der Waals surface area contributed by atoms with E-state index in [-0.39, 0.29) is 11.8 Å². The lowest BCUT2D eigenvalue weighted by Crippen LogP contribution is -2.33. The summed E-state index contributed by atoms with van der Waals surface area (Å²) in [6.45, 7) is 4.42. The summed E-state index contributed by atoms with van der Waals surface area (Å²) in [7, 11) is 0. The van der Waals surface area contributed by atoms with Crippen LogP contribution in [-0.4, -0.2) is 17.4 Å². The average Bonchev–Trinajstić information content (AvgIpc) is 2.00. The second kappa shape index (κ2) is 5.94. The molecule has 1 atom stereocenters. The van der Waals surface area contributed by atoms with Gasteiger partial charge in [0.15, 0.2) is 0 Å². The molecule has 0 saturated carbocycles. The van der Waals surface area contributed by atoms with Gasteiger partial charge >= 0.3 is 0 Å². The van der Waals surface area contributed by atoms with Gasteiger partial charge in [-0.25, -0.2) is 0 Å². The zero-order valence-electron chi connectivity index (χ0n) is 7.59. The highest BCUT2D eigenvalue weighted by atomic mass is 32.1. The Kier molecular flexibility index (Phi) is 5.62. The summed E-state index contributed by atoms with van der Waals surface area (Å²) in [5.74, 6) is 0.154. The Morgan fingerprint density at radius 3 is 2.67 bits per heavy atom. The summed E-state index contributed by atoms with van der Waals surface area (Å²) < 4.78 is 0. The predicted molar refractivity (Wildman–Crippen MR) is 53.9 cm³/mol. The Morgan fingerprint density at radius 2 is 2.25 bits per heavy atom. The highest BCUT2D eigenvalue weighted by molar-refractivity contribution is 7.80. The van der Waals surface area contributed by atoms with Crippen LogP contribution in [0.4, 0.5) is 0 Å². The van der Waals surface area contributed by atoms with Crippen LogP contribution < -0.4 is 11.1 Å². The number of hydrogen-bond donors (Lipinski definition) is 2. The van der Waals surface area contributed by atoms with Gasteiger partial charge in [-0.05, 0) is 6.42 Å². The second-order valence-electron chi connectivity index (χ2n) is 2.86. The summed E-state index contributed by atoms with van der Waals surface area (Å²) in [6.07, 6.45) is 1.44. The molecule has 0 fully saturated rings. The van der Waals surface area contributed by atoms with Crippen LogP contribution in [0.2, 0.25) is 0 Å². The minimum atomic E-state index is 0.0700. The number of nitrogens with one attached hydrogen (secondary N) is 1. The second-order valence-corrected chi connectivity index (χ2v) is 3.33. The van der Waals surface area contributed by atoms with Crippen molar-refractivity contribution < 1.29 is 4.79 Å². The van der Waals surface area contributed by atoms with Gasteiger partial charge in [0.05, 0.1) is 4.99 Å². The van der Waals surface area contributed by atoms with E-state index in [2.05, 4.69) is 5.32 Å². The molecule has 0 aliphatic carbocycles. The largest absolute Gasteiger partial charge is 0.393 e. The number of hydrogen-bond acceptors (Lipinski definition) is 2. The van der Waals surface area contributed by atoms with Crippen molar-refractivity contribution in [2.45, 2.75) is 26.7 Å². The smallest absolute Gasteiger partial charge is 0.220 e. The zero-order valence-corrected chi connectivity index (χ0v) is 8.41. The van der Waals surface area contributed by atoms with Crippen molar-refractivity contribution in [2.75, 3.05) is 6.54 Å². The van der Waals surface area contributed by atoms with Crippen LogP contribution in [0.1, 0.15) is 26.7 Å². The van der Waals surface area contributed by atoms with Gasteiger partial charge in [-0.1, -0.05) is 26.1 Å². The van der Waals surface area contributed by atoms with Crippen molar-refractivity contribution in [2.24, 2.45) is 11.7 Å². The minimum absolute atomic E-state index is 0.0700. The lowest BCUT2D eigenvalue weighted by molar-refractivity contribution is -0.121. The summed E-state index contributed by atoms with van der Waals surface area (Å²) >= 11 is 4.76. The van der Waals surface area contributed by atoms with E-state index in [0.29, 0.717) is 18.0 Å². The molecular formula is C8H16N2OS. The van der Waals surface area contributed by atoms with Crippen molar-refractivity contribution >= 4 is 23.1 Å². The molecule has 0 bridgehead atoms. The normalized spacial score (nSPS) is 12.2. The van der Waals surface area contributed by atoms with Gasteiger partial charge in [-0.15, -0.1) is 0 Å². The third-order valence-electron chi connectivity index (χ3n) is 1.57. The number of amides is 1. The molecule has 0 aromatic carbocycles. The molecule has 0 spiro atoms. The van der Waals surface area contributed by atoms with E-state index < -0.39 is 0 Å². The van der Waals surface area contributed by atoms with E-state index in [1.165, 1.54) is 0 Å². The van der Waals surface area contributed by atoms with Crippen LogP contribution in [-0.2, 0) is 4.79 Å². The van der Waals surface area contributed by atoms with E-state index in [0.717, 1.165) is 6.42 Å². The van der Waals surface area contributed by atoms with E-state index in [9.17, 15) is 4.79 Å². The Morgan fingerprint density at radius 1 is 1.67 bits per heavy atom. The Bertz CT molecular complexity index is 170. The number of carbonyl (C=O) groups excluding carboxylic acids is 1. The van der Waals surface area contributed by atoms with E-state index in [4.69, 9.17) is 18.0 Å². The molecule has 1 amide bonds. The summed E-state index contributed by atoms with van der Waals surface area (Å²) in [5, 5.41) is 2.76. The topological polar surface area (TPSA) is 55.1 Å². The Labute approximate surface area is 78.7 Å². The third kappa shape index (κ3) is 5.07. The predicted octanol–water partition coefficient (Wildman–Crippen LogP) is 0.825. The lowest BCUT2D eigenvalue weighted by Gasteiger charge is -2.10. The fourth-order valence-corrected chi connectivity index (χ4v) is 0.766. The first-order valence-corrected chi connectivity index (χ1v) is 4.54. The van der Waals surface area contributed by atoms with Crippen LogP contribution in [0, 0.1) is 5.92 Å². The van der Waals surface area contributed by atoms with E-state index in [1.807, 2.05) is 13.8 Å². The van der Waals surface area contributed by atoms with Crippen LogP contribution in [0.5, 0.6) is 0 Å². The van der Waals surface area contributed by atoms with Gasteiger partial charge < -0.3 is 11.1 Å². The molecule has 0 radical (unpaired) electrons. The Hall–Kier alpha value is -0.640. The number of carbonyl (C=O) groups is 1. The highest BCUT2D eigenvalue weighted by Gasteiger charge is 2.06. The summed E-state index contributed by atoms with van der Waals surface area (Å²) in [6, 6.07) is 0. The van der Waals surface area contributed by atoms with Gasteiger partial charge in [-0.2, -0.15) is 0 Å². The van der Waals surface area contributed by atoms with Crippen molar-refractivity contribution in [1.29, 1.82) is 0 Å². The van der Waals surface area contributed by atoms with Gasteiger partial charge in [0.1, 0.15) is 0 Å². The van der Waals surface area contributed by atoms with Gasteiger partial charge in [0.25, 0.3) is 0 Å². The van der Waals surface area contributed by atoms with Crippen molar-refractivity contribution in [3.63, 3.8) is 0 Å². The number of rotatable bonds is 5. The highest BCUT2D eigenvalue weighted by Crippen LogP contribution is 1.93. The Balaban J connectivity index is 3.54. The maximum Gasteiger partial charge on any atom is 0.220 e. The first-order valence-electron chi connectivity index (χ1n) is 4.14. The molecule has 3 N–H and O–H groups in total. The number of nitrogens with two attached hydrogens (primary N) is 1. The maximum absolute atomic E-state index is 11.0. The SMILES string of the molecule is CCCC(=O)NCC(C)C(N)=S. The molecule has 0 aromatic heterocycles. The maximum atomic E-state index is 11.0.